The predicted octanol–water partition coefficient (Wildman–Crippen LogP) is 3.07. The molecule has 0 aliphatic carbocycles. The van der Waals surface area contributed by atoms with Gasteiger partial charge in [0.1, 0.15) is 12.4 Å². The molecule has 5 heteroatoms. The molecule has 124 valence electrons. The molecule has 2 rings (SSSR count). The van der Waals surface area contributed by atoms with Crippen LogP contribution in [0.3, 0.4) is 0 Å². The molecule has 1 aliphatic heterocycles. The van der Waals surface area contributed by atoms with E-state index in [2.05, 4.69) is 11.8 Å². The quantitative estimate of drug-likeness (QED) is 0.753. The number of nitrogens with zero attached hydrogens (tertiary/aromatic N) is 1. The fraction of sp³-hybridized carbons (Fsp3) is 0.588. The van der Waals surface area contributed by atoms with Crippen LogP contribution in [0.1, 0.15) is 25.3 Å². The maximum atomic E-state index is 11.8. The lowest BCUT2D eigenvalue weighted by Gasteiger charge is -2.31. The topological polar surface area (TPSA) is 38.8 Å². The molecule has 1 unspecified atom stereocenters. The van der Waals surface area contributed by atoms with Gasteiger partial charge in [0.15, 0.2) is 0 Å². The van der Waals surface area contributed by atoms with Crippen LogP contribution in [0.4, 0.5) is 0 Å². The minimum absolute atomic E-state index is 0. The lowest BCUT2D eigenvalue weighted by Crippen LogP contribution is -2.41. The number of halogens is 1. The van der Waals surface area contributed by atoms with Crippen LogP contribution in [0.15, 0.2) is 24.3 Å². The summed E-state index contributed by atoms with van der Waals surface area (Å²) < 4.78 is 10.9. The van der Waals surface area contributed by atoms with E-state index in [1.54, 1.807) is 0 Å². The molecule has 0 bridgehead atoms. The van der Waals surface area contributed by atoms with Crippen LogP contribution >= 0.6 is 12.4 Å². The Morgan fingerprint density at radius 2 is 2.05 bits per heavy atom. The molecule has 1 aliphatic rings. The third-order valence-corrected chi connectivity index (χ3v) is 3.82. The first-order valence-electron chi connectivity index (χ1n) is 7.77. The smallest absolute Gasteiger partial charge is 0.310 e. The van der Waals surface area contributed by atoms with Gasteiger partial charge in [-0.15, -0.1) is 12.4 Å². The van der Waals surface area contributed by atoms with Gasteiger partial charge in [-0.2, -0.15) is 0 Å². The van der Waals surface area contributed by atoms with E-state index >= 15 is 0 Å². The highest BCUT2D eigenvalue weighted by molar-refractivity contribution is 5.85. The number of aryl methyl sites for hydroxylation is 1. The molecule has 0 saturated carbocycles. The maximum absolute atomic E-state index is 11.8. The van der Waals surface area contributed by atoms with E-state index in [9.17, 15) is 4.79 Å². The molecule has 0 amide bonds. The van der Waals surface area contributed by atoms with Gasteiger partial charge in [0.2, 0.25) is 0 Å². The number of esters is 1. The lowest BCUT2D eigenvalue weighted by molar-refractivity contribution is -0.150. The average molecular weight is 328 g/mol. The molecular weight excluding hydrogens is 302 g/mol. The first-order chi connectivity index (χ1) is 10.2. The van der Waals surface area contributed by atoms with Crippen molar-refractivity contribution in [2.24, 2.45) is 5.92 Å². The zero-order chi connectivity index (χ0) is 15.1. The van der Waals surface area contributed by atoms with E-state index in [1.165, 1.54) is 5.56 Å². The van der Waals surface area contributed by atoms with Crippen molar-refractivity contribution in [2.45, 2.75) is 26.7 Å². The van der Waals surface area contributed by atoms with E-state index in [0.29, 0.717) is 13.2 Å². The van der Waals surface area contributed by atoms with Gasteiger partial charge in [0, 0.05) is 13.1 Å². The first-order valence-corrected chi connectivity index (χ1v) is 7.77. The molecule has 0 radical (unpaired) electrons. The number of piperidine rings is 1. The van der Waals surface area contributed by atoms with Crippen molar-refractivity contribution < 1.29 is 14.3 Å². The van der Waals surface area contributed by atoms with Crippen molar-refractivity contribution in [1.82, 2.24) is 4.90 Å². The minimum atomic E-state index is -0.0540. The summed E-state index contributed by atoms with van der Waals surface area (Å²) in [5.74, 6) is 0.874. The molecule has 1 heterocycles. The van der Waals surface area contributed by atoms with Crippen molar-refractivity contribution in [3.63, 3.8) is 0 Å². The zero-order valence-electron chi connectivity index (χ0n) is 13.4. The van der Waals surface area contributed by atoms with Gasteiger partial charge in [-0.1, -0.05) is 17.7 Å². The predicted molar refractivity (Wildman–Crippen MR) is 89.7 cm³/mol. The van der Waals surface area contributed by atoms with Gasteiger partial charge in [0.05, 0.1) is 12.5 Å². The van der Waals surface area contributed by atoms with Gasteiger partial charge in [-0.25, -0.2) is 0 Å². The van der Waals surface area contributed by atoms with E-state index in [-0.39, 0.29) is 24.3 Å². The number of hydrogen-bond acceptors (Lipinski definition) is 4. The average Bonchev–Trinajstić information content (AvgIpc) is 2.50. The van der Waals surface area contributed by atoms with Crippen molar-refractivity contribution in [1.29, 1.82) is 0 Å². The Hall–Kier alpha value is -1.26. The molecule has 0 N–H and O–H groups in total. The van der Waals surface area contributed by atoms with E-state index in [4.69, 9.17) is 9.47 Å². The third kappa shape index (κ3) is 5.85. The highest BCUT2D eigenvalue weighted by Gasteiger charge is 2.26. The zero-order valence-corrected chi connectivity index (χ0v) is 14.2. The molecule has 1 saturated heterocycles. The summed E-state index contributed by atoms with van der Waals surface area (Å²) in [4.78, 5) is 14.1. The Kier molecular flexibility index (Phi) is 8.28. The van der Waals surface area contributed by atoms with Crippen LogP contribution < -0.4 is 4.74 Å². The van der Waals surface area contributed by atoms with Crippen LogP contribution in [0.5, 0.6) is 5.75 Å². The second-order valence-electron chi connectivity index (χ2n) is 5.55. The van der Waals surface area contributed by atoms with Crippen LogP contribution in [-0.4, -0.2) is 43.7 Å². The summed E-state index contributed by atoms with van der Waals surface area (Å²) >= 11 is 0. The van der Waals surface area contributed by atoms with Gasteiger partial charge in [-0.3, -0.25) is 9.69 Å². The van der Waals surface area contributed by atoms with Crippen LogP contribution in [0.2, 0.25) is 0 Å². The SMILES string of the molecule is CCOC(=O)C1CCCN(CCOc2ccc(C)cc2)C1.Cl. The largest absolute Gasteiger partial charge is 0.492 e. The second kappa shape index (κ2) is 9.70. The molecule has 0 aromatic heterocycles. The standard InChI is InChI=1S/C17H25NO3.ClH/c1-3-20-17(19)15-5-4-10-18(13-15)11-12-21-16-8-6-14(2)7-9-16;/h6-9,15H,3-5,10-13H2,1-2H3;1H. The van der Waals surface area contributed by atoms with Crippen molar-refractivity contribution >= 4 is 18.4 Å². The molecule has 0 spiro atoms. The number of rotatable bonds is 6. The van der Waals surface area contributed by atoms with Gasteiger partial charge >= 0.3 is 5.97 Å². The highest BCUT2D eigenvalue weighted by atomic mass is 35.5. The molecule has 22 heavy (non-hydrogen) atoms. The van der Waals surface area contributed by atoms with E-state index in [1.807, 2.05) is 31.2 Å². The third-order valence-electron chi connectivity index (χ3n) is 3.82. The Morgan fingerprint density at radius 3 is 2.73 bits per heavy atom. The Bertz CT molecular complexity index is 450. The fourth-order valence-corrected chi connectivity index (χ4v) is 2.64. The summed E-state index contributed by atoms with van der Waals surface area (Å²) in [6.07, 6.45) is 1.99. The summed E-state index contributed by atoms with van der Waals surface area (Å²) in [5.41, 5.74) is 1.23. The molecule has 1 atom stereocenters. The van der Waals surface area contributed by atoms with Gasteiger partial charge < -0.3 is 9.47 Å². The molecular formula is C17H26ClNO3. The summed E-state index contributed by atoms with van der Waals surface area (Å²) in [7, 11) is 0. The number of carbonyl (C=O) groups is 1. The number of benzene rings is 1. The maximum Gasteiger partial charge on any atom is 0.310 e. The van der Waals surface area contributed by atoms with Gasteiger partial charge in [-0.05, 0) is 45.4 Å². The number of carbonyl (C=O) groups excluding carboxylic acids is 1. The number of hydrogen-bond donors (Lipinski definition) is 0. The van der Waals surface area contributed by atoms with Gasteiger partial charge in [0.25, 0.3) is 0 Å². The van der Waals surface area contributed by atoms with Crippen molar-refractivity contribution in [2.75, 3.05) is 32.8 Å². The Morgan fingerprint density at radius 1 is 1.32 bits per heavy atom. The number of ether oxygens (including phenoxy) is 2. The summed E-state index contributed by atoms with van der Waals surface area (Å²) in [5, 5.41) is 0. The van der Waals surface area contributed by atoms with Crippen LogP contribution in [-0.2, 0) is 9.53 Å². The Labute approximate surface area is 139 Å². The van der Waals surface area contributed by atoms with Crippen LogP contribution in [0.25, 0.3) is 0 Å². The molecule has 1 fully saturated rings. The monoisotopic (exact) mass is 327 g/mol. The normalized spacial score (nSPS) is 18.4. The highest BCUT2D eigenvalue weighted by Crippen LogP contribution is 2.18. The van der Waals surface area contributed by atoms with Crippen LogP contribution in [0, 0.1) is 12.8 Å². The van der Waals surface area contributed by atoms with E-state index in [0.717, 1.165) is 38.2 Å². The van der Waals surface area contributed by atoms with E-state index < -0.39 is 0 Å². The fourth-order valence-electron chi connectivity index (χ4n) is 2.64. The van der Waals surface area contributed by atoms with Crippen molar-refractivity contribution in [3.05, 3.63) is 29.8 Å². The molecule has 1 aromatic rings. The lowest BCUT2D eigenvalue weighted by atomic mass is 9.98. The number of likely N-dealkylation sites (tertiary alicyclic amines) is 1. The Balaban J connectivity index is 0.00000242. The molecule has 1 aromatic carbocycles. The second-order valence-corrected chi connectivity index (χ2v) is 5.55. The first kappa shape index (κ1) is 18.8. The summed E-state index contributed by atoms with van der Waals surface area (Å²) in [6.45, 7) is 7.71. The molecule has 4 nitrogen and oxygen atoms in total. The van der Waals surface area contributed by atoms with Crippen molar-refractivity contribution in [3.8, 4) is 5.75 Å². The summed E-state index contributed by atoms with van der Waals surface area (Å²) in [6, 6.07) is 8.08. The minimum Gasteiger partial charge on any atom is -0.492 e.